The first-order valence-electron chi connectivity index (χ1n) is 11.2. The fourth-order valence-corrected chi connectivity index (χ4v) is 4.70. The molecule has 1 heterocycles. The van der Waals surface area contributed by atoms with Crippen LogP contribution in [0.1, 0.15) is 65.2 Å². The molecule has 3 amide bonds. The second-order valence-electron chi connectivity index (χ2n) is 9.00. The van der Waals surface area contributed by atoms with Crippen LogP contribution in [0.2, 0.25) is 0 Å². The molecule has 1 saturated heterocycles. The summed E-state index contributed by atoms with van der Waals surface area (Å²) in [5, 5.41) is 17.5. The van der Waals surface area contributed by atoms with Gasteiger partial charge in [0.25, 0.3) is 0 Å². The van der Waals surface area contributed by atoms with Crippen molar-refractivity contribution in [2.45, 2.75) is 88.8 Å². The van der Waals surface area contributed by atoms with Crippen molar-refractivity contribution in [3.63, 3.8) is 0 Å². The number of alkyl carbamates (subject to hydrolysis) is 1. The monoisotopic (exact) mass is 499 g/mol. The van der Waals surface area contributed by atoms with Gasteiger partial charge in [0.15, 0.2) is 5.44 Å². The fourth-order valence-electron chi connectivity index (χ4n) is 4.12. The van der Waals surface area contributed by atoms with E-state index < -0.39 is 45.6 Å². The second kappa shape index (κ2) is 13.8. The van der Waals surface area contributed by atoms with Crippen LogP contribution in [0.3, 0.4) is 0 Å². The van der Waals surface area contributed by atoms with Crippen LogP contribution in [-0.2, 0) is 24.4 Å². The molecule has 13 heteroatoms. The molecule has 2 fully saturated rings. The second-order valence-corrected chi connectivity index (χ2v) is 10.5. The van der Waals surface area contributed by atoms with Crippen LogP contribution in [0, 0.1) is 11.8 Å². The largest absolute Gasteiger partial charge is 1.00 e. The number of ether oxygens (including phenoxy) is 1. The van der Waals surface area contributed by atoms with Crippen molar-refractivity contribution in [2.24, 2.45) is 11.8 Å². The van der Waals surface area contributed by atoms with Crippen LogP contribution in [-0.4, -0.2) is 66.2 Å². The smallest absolute Gasteiger partial charge is 0.746 e. The quantitative estimate of drug-likeness (QED) is 0.186. The zero-order valence-electron chi connectivity index (χ0n) is 19.5. The Morgan fingerprint density at radius 2 is 1.82 bits per heavy atom. The van der Waals surface area contributed by atoms with E-state index in [4.69, 9.17) is 4.74 Å². The van der Waals surface area contributed by atoms with Crippen molar-refractivity contribution in [1.29, 1.82) is 0 Å². The van der Waals surface area contributed by atoms with E-state index in [0.717, 1.165) is 32.1 Å². The molecule has 0 aromatic heterocycles. The Morgan fingerprint density at radius 1 is 1.18 bits per heavy atom. The fraction of sp³-hybridized carbons (Fsp3) is 0.850. The Labute approximate surface area is 217 Å². The van der Waals surface area contributed by atoms with E-state index in [9.17, 15) is 32.5 Å². The normalized spacial score (nSPS) is 22.0. The molecule has 2 rings (SSSR count). The van der Waals surface area contributed by atoms with Crippen molar-refractivity contribution in [3.05, 3.63) is 0 Å². The molecule has 4 atom stereocenters. The van der Waals surface area contributed by atoms with Gasteiger partial charge in [0, 0.05) is 12.5 Å². The van der Waals surface area contributed by atoms with E-state index in [0.29, 0.717) is 13.0 Å². The zero-order valence-corrected chi connectivity index (χ0v) is 22.4. The molecular formula is C20H34N3NaO8S. The molecule has 0 bridgehead atoms. The summed E-state index contributed by atoms with van der Waals surface area (Å²) in [5.74, 6) is -1.75. The van der Waals surface area contributed by atoms with Gasteiger partial charge in [-0.25, -0.2) is 13.2 Å². The molecule has 0 spiro atoms. The van der Waals surface area contributed by atoms with E-state index >= 15 is 0 Å². The third-order valence-electron chi connectivity index (χ3n) is 5.81. The number of nitrogens with one attached hydrogen (secondary N) is 3. The van der Waals surface area contributed by atoms with E-state index in [-0.39, 0.29) is 60.3 Å². The SMILES string of the molecule is CC(C)C[C@H](NC(=O)OC1CCCCC1)C(=O)N[C@@H](C[C@H]1CCNC1=O)C(O)S(=O)(=O)[O-].[Na+]. The van der Waals surface area contributed by atoms with Crippen LogP contribution >= 0.6 is 0 Å². The number of hydrogen-bond acceptors (Lipinski definition) is 8. The average molecular weight is 500 g/mol. The predicted octanol–water partition coefficient (Wildman–Crippen LogP) is -2.66. The van der Waals surface area contributed by atoms with Gasteiger partial charge in [-0.05, 0) is 50.9 Å². The Balaban J connectivity index is 0.00000544. The maximum atomic E-state index is 12.9. The zero-order chi connectivity index (χ0) is 23.9. The number of rotatable bonds is 10. The van der Waals surface area contributed by atoms with Gasteiger partial charge in [-0.2, -0.15) is 0 Å². The van der Waals surface area contributed by atoms with E-state index in [2.05, 4.69) is 16.0 Å². The van der Waals surface area contributed by atoms with Crippen molar-refractivity contribution < 1.29 is 66.8 Å². The summed E-state index contributed by atoms with van der Waals surface area (Å²) < 4.78 is 39.6. The first kappa shape index (κ1) is 30.1. The number of aliphatic hydroxyl groups excluding tert-OH is 1. The van der Waals surface area contributed by atoms with E-state index in [1.807, 2.05) is 13.8 Å². The molecule has 0 aromatic carbocycles. The maximum absolute atomic E-state index is 12.9. The molecule has 1 aliphatic heterocycles. The molecule has 2 aliphatic rings. The van der Waals surface area contributed by atoms with Gasteiger partial charge in [-0.3, -0.25) is 9.59 Å². The summed E-state index contributed by atoms with van der Waals surface area (Å²) in [6.45, 7) is 4.06. The van der Waals surface area contributed by atoms with Crippen molar-refractivity contribution >= 4 is 28.0 Å². The topological polar surface area (TPSA) is 174 Å². The standard InChI is InChI=1S/C20H35N3O8S.Na/c1-12(2)10-15(23-20(27)31-14-6-4-3-5-7-14)18(25)22-16(19(26)32(28,29)30)11-13-8-9-21-17(13)24;/h12-16,19,26H,3-11H2,1-2H3,(H,21,24)(H,22,25)(H,23,27)(H,28,29,30);/q;+1/p-1/t13-,15+,16+,19?;/m1./s1. The van der Waals surface area contributed by atoms with Gasteiger partial charge < -0.3 is 30.3 Å². The van der Waals surface area contributed by atoms with Crippen LogP contribution in [0.15, 0.2) is 0 Å². The van der Waals surface area contributed by atoms with Crippen LogP contribution < -0.4 is 45.5 Å². The molecule has 1 aliphatic carbocycles. The van der Waals surface area contributed by atoms with Crippen LogP contribution in [0.4, 0.5) is 4.79 Å². The summed E-state index contributed by atoms with van der Waals surface area (Å²) in [5.41, 5.74) is -2.42. The van der Waals surface area contributed by atoms with Gasteiger partial charge in [0.2, 0.25) is 11.8 Å². The van der Waals surface area contributed by atoms with Crippen LogP contribution in [0.5, 0.6) is 0 Å². The van der Waals surface area contributed by atoms with Crippen molar-refractivity contribution in [3.8, 4) is 0 Å². The number of hydrogen-bond donors (Lipinski definition) is 4. The Kier molecular flexibility index (Phi) is 12.6. The summed E-state index contributed by atoms with van der Waals surface area (Å²) in [6, 6.07) is -2.56. The van der Waals surface area contributed by atoms with Gasteiger partial charge in [0.1, 0.15) is 22.3 Å². The number of carbonyl (C=O) groups excluding carboxylic acids is 3. The summed E-state index contributed by atoms with van der Waals surface area (Å²) in [4.78, 5) is 37.1. The first-order valence-corrected chi connectivity index (χ1v) is 12.6. The molecule has 4 N–H and O–H groups in total. The summed E-state index contributed by atoms with van der Waals surface area (Å²) >= 11 is 0. The number of carbonyl (C=O) groups is 3. The van der Waals surface area contributed by atoms with Crippen molar-refractivity contribution in [1.82, 2.24) is 16.0 Å². The minimum absolute atomic E-state index is 0. The molecule has 0 radical (unpaired) electrons. The predicted molar refractivity (Wildman–Crippen MR) is 113 cm³/mol. The van der Waals surface area contributed by atoms with E-state index in [1.165, 1.54) is 0 Å². The maximum Gasteiger partial charge on any atom is 1.00 e. The minimum Gasteiger partial charge on any atom is -0.746 e. The van der Waals surface area contributed by atoms with Crippen molar-refractivity contribution in [2.75, 3.05) is 6.54 Å². The number of aliphatic hydroxyl groups is 1. The van der Waals surface area contributed by atoms with Crippen LogP contribution in [0.25, 0.3) is 0 Å². The Bertz CT molecular complexity index is 773. The Hall–Kier alpha value is -0.920. The summed E-state index contributed by atoms with van der Waals surface area (Å²) in [6.07, 6.45) is 3.96. The molecule has 1 unspecified atom stereocenters. The third-order valence-corrected chi connectivity index (χ3v) is 6.73. The molecule has 184 valence electrons. The summed E-state index contributed by atoms with van der Waals surface area (Å²) in [7, 11) is -5.15. The average Bonchev–Trinajstić information content (AvgIpc) is 3.10. The van der Waals surface area contributed by atoms with E-state index in [1.54, 1.807) is 0 Å². The van der Waals surface area contributed by atoms with Gasteiger partial charge in [-0.15, -0.1) is 0 Å². The van der Waals surface area contributed by atoms with Gasteiger partial charge >= 0.3 is 35.7 Å². The molecule has 0 aromatic rings. The molecule has 1 saturated carbocycles. The minimum atomic E-state index is -5.15. The Morgan fingerprint density at radius 3 is 2.33 bits per heavy atom. The van der Waals surface area contributed by atoms with Gasteiger partial charge in [-0.1, -0.05) is 20.3 Å². The number of amides is 3. The molecular weight excluding hydrogens is 465 g/mol. The van der Waals surface area contributed by atoms with Gasteiger partial charge in [0.05, 0.1) is 6.04 Å². The first-order chi connectivity index (χ1) is 15.0. The third kappa shape index (κ3) is 10.1. The molecule has 11 nitrogen and oxygen atoms in total. The molecule has 33 heavy (non-hydrogen) atoms.